The van der Waals surface area contributed by atoms with Crippen LogP contribution < -0.4 is 16.0 Å². The third-order valence-electron chi connectivity index (χ3n) is 5.98. The molecule has 1 aromatic carbocycles. The van der Waals surface area contributed by atoms with Crippen molar-refractivity contribution in [1.82, 2.24) is 15.5 Å². The quantitative estimate of drug-likeness (QED) is 0.391. The SMILES string of the molecule is CC(=O)NC1(c2noc(CCC(=O)Nc3cccc(NC(=O)c4cccs4)c3)n2)CCCCCC1. The number of carbonyl (C=O) groups excluding carboxylic acids is 3. The molecular formula is C25H29N5O4S. The molecule has 3 aromatic rings. The molecule has 3 amide bonds. The molecule has 0 saturated heterocycles. The molecule has 184 valence electrons. The Labute approximate surface area is 207 Å². The molecule has 0 spiro atoms. The minimum atomic E-state index is -0.611. The van der Waals surface area contributed by atoms with Crippen LogP contribution in [0.2, 0.25) is 0 Å². The molecule has 0 atom stereocenters. The van der Waals surface area contributed by atoms with Crippen molar-refractivity contribution in [3.63, 3.8) is 0 Å². The van der Waals surface area contributed by atoms with Gasteiger partial charge in [-0.25, -0.2) is 0 Å². The molecule has 1 saturated carbocycles. The summed E-state index contributed by atoms with van der Waals surface area (Å²) in [5.41, 5.74) is 0.558. The van der Waals surface area contributed by atoms with Crippen LogP contribution in [0.15, 0.2) is 46.3 Å². The van der Waals surface area contributed by atoms with Gasteiger partial charge in [-0.2, -0.15) is 4.98 Å². The number of rotatable bonds is 8. The highest BCUT2D eigenvalue weighted by atomic mass is 32.1. The molecule has 9 nitrogen and oxygen atoms in total. The third-order valence-corrected chi connectivity index (χ3v) is 6.85. The van der Waals surface area contributed by atoms with Crippen molar-refractivity contribution in [2.75, 3.05) is 10.6 Å². The van der Waals surface area contributed by atoms with Gasteiger partial charge in [-0.3, -0.25) is 14.4 Å². The van der Waals surface area contributed by atoms with Crippen LogP contribution in [0.25, 0.3) is 0 Å². The van der Waals surface area contributed by atoms with Gasteiger partial charge in [-0.05, 0) is 42.5 Å². The number of nitrogens with one attached hydrogen (secondary N) is 3. The van der Waals surface area contributed by atoms with E-state index in [1.165, 1.54) is 18.3 Å². The zero-order valence-electron chi connectivity index (χ0n) is 19.6. The van der Waals surface area contributed by atoms with Crippen LogP contribution in [0, 0.1) is 0 Å². The molecule has 0 unspecified atom stereocenters. The van der Waals surface area contributed by atoms with Gasteiger partial charge in [0.1, 0.15) is 5.54 Å². The van der Waals surface area contributed by atoms with Gasteiger partial charge in [-0.15, -0.1) is 11.3 Å². The van der Waals surface area contributed by atoms with E-state index in [1.807, 2.05) is 11.4 Å². The van der Waals surface area contributed by atoms with Crippen molar-refractivity contribution in [2.45, 2.75) is 63.8 Å². The van der Waals surface area contributed by atoms with Crippen molar-refractivity contribution < 1.29 is 18.9 Å². The predicted molar refractivity (Wildman–Crippen MR) is 133 cm³/mol. The van der Waals surface area contributed by atoms with Crippen molar-refractivity contribution in [1.29, 1.82) is 0 Å². The van der Waals surface area contributed by atoms with E-state index >= 15 is 0 Å². The zero-order chi connectivity index (χ0) is 24.7. The van der Waals surface area contributed by atoms with E-state index in [4.69, 9.17) is 4.52 Å². The molecule has 10 heteroatoms. The fourth-order valence-electron chi connectivity index (χ4n) is 4.34. The lowest BCUT2D eigenvalue weighted by molar-refractivity contribution is -0.121. The van der Waals surface area contributed by atoms with E-state index in [-0.39, 0.29) is 30.6 Å². The predicted octanol–water partition coefficient (Wildman–Crippen LogP) is 4.64. The van der Waals surface area contributed by atoms with E-state index < -0.39 is 5.54 Å². The van der Waals surface area contributed by atoms with Gasteiger partial charge in [0, 0.05) is 31.1 Å². The van der Waals surface area contributed by atoms with Crippen molar-refractivity contribution >= 4 is 40.4 Å². The maximum atomic E-state index is 12.5. The Morgan fingerprint density at radius 2 is 1.77 bits per heavy atom. The first kappa shape index (κ1) is 24.6. The lowest BCUT2D eigenvalue weighted by atomic mass is 9.89. The Balaban J connectivity index is 1.34. The van der Waals surface area contributed by atoms with Crippen LogP contribution in [0.1, 0.15) is 73.3 Å². The largest absolute Gasteiger partial charge is 0.343 e. The van der Waals surface area contributed by atoms with E-state index in [0.29, 0.717) is 28.0 Å². The van der Waals surface area contributed by atoms with Gasteiger partial charge in [0.25, 0.3) is 5.91 Å². The number of carbonyl (C=O) groups is 3. The molecule has 2 aromatic heterocycles. The topological polar surface area (TPSA) is 126 Å². The maximum Gasteiger partial charge on any atom is 0.265 e. The van der Waals surface area contributed by atoms with Gasteiger partial charge < -0.3 is 20.5 Å². The number of aromatic nitrogens is 2. The third kappa shape index (κ3) is 6.54. The molecule has 1 aliphatic carbocycles. The summed E-state index contributed by atoms with van der Waals surface area (Å²) < 4.78 is 5.43. The molecule has 35 heavy (non-hydrogen) atoms. The maximum absolute atomic E-state index is 12.5. The van der Waals surface area contributed by atoms with Gasteiger partial charge in [0.05, 0.1) is 4.88 Å². The summed E-state index contributed by atoms with van der Waals surface area (Å²) >= 11 is 1.36. The summed E-state index contributed by atoms with van der Waals surface area (Å²) in [6.45, 7) is 1.50. The summed E-state index contributed by atoms with van der Waals surface area (Å²) in [6.07, 6.45) is 6.18. The number of benzene rings is 1. The fourth-order valence-corrected chi connectivity index (χ4v) is 4.96. The highest BCUT2D eigenvalue weighted by molar-refractivity contribution is 7.12. The van der Waals surface area contributed by atoms with Crippen LogP contribution in [-0.2, 0) is 21.5 Å². The zero-order valence-corrected chi connectivity index (χ0v) is 20.5. The van der Waals surface area contributed by atoms with Gasteiger partial charge in [0.15, 0.2) is 5.82 Å². The summed E-state index contributed by atoms with van der Waals surface area (Å²) in [6, 6.07) is 10.6. The normalized spacial score (nSPS) is 15.1. The Bertz CT molecular complexity index is 1170. The molecular weight excluding hydrogens is 466 g/mol. The van der Waals surface area contributed by atoms with Gasteiger partial charge in [0.2, 0.25) is 17.7 Å². The first-order valence-corrected chi connectivity index (χ1v) is 12.7. The van der Waals surface area contributed by atoms with E-state index in [0.717, 1.165) is 38.5 Å². The molecule has 3 N–H and O–H groups in total. The summed E-state index contributed by atoms with van der Waals surface area (Å²) in [7, 11) is 0. The smallest absolute Gasteiger partial charge is 0.265 e. The number of aryl methyl sites for hydroxylation is 1. The lowest BCUT2D eigenvalue weighted by Gasteiger charge is -2.30. The molecule has 0 aliphatic heterocycles. The second kappa shape index (κ2) is 11.3. The number of nitrogens with zero attached hydrogens (tertiary/aromatic N) is 2. The highest BCUT2D eigenvalue weighted by Gasteiger charge is 2.38. The van der Waals surface area contributed by atoms with Crippen molar-refractivity contribution in [3.05, 3.63) is 58.4 Å². The molecule has 0 radical (unpaired) electrons. The molecule has 0 bridgehead atoms. The number of anilines is 2. The lowest BCUT2D eigenvalue weighted by Crippen LogP contribution is -2.45. The van der Waals surface area contributed by atoms with Crippen LogP contribution in [-0.4, -0.2) is 27.9 Å². The van der Waals surface area contributed by atoms with E-state index in [2.05, 4.69) is 26.1 Å². The Kier molecular flexibility index (Phi) is 7.91. The molecule has 1 fully saturated rings. The van der Waals surface area contributed by atoms with Crippen molar-refractivity contribution in [2.24, 2.45) is 0 Å². The van der Waals surface area contributed by atoms with Gasteiger partial charge >= 0.3 is 0 Å². The summed E-state index contributed by atoms with van der Waals surface area (Å²) in [5.74, 6) is 0.325. The average Bonchev–Trinajstić information content (AvgIpc) is 3.48. The molecule has 1 aliphatic rings. The molecule has 4 rings (SSSR count). The van der Waals surface area contributed by atoms with Crippen LogP contribution in [0.3, 0.4) is 0 Å². The monoisotopic (exact) mass is 495 g/mol. The average molecular weight is 496 g/mol. The minimum absolute atomic E-state index is 0.119. The van der Waals surface area contributed by atoms with Crippen LogP contribution in [0.5, 0.6) is 0 Å². The van der Waals surface area contributed by atoms with E-state index in [1.54, 1.807) is 30.3 Å². The number of hydrogen-bond donors (Lipinski definition) is 3. The Morgan fingerprint density at radius 3 is 2.46 bits per heavy atom. The first-order chi connectivity index (χ1) is 16.9. The Hall–Kier alpha value is -3.53. The standard InChI is InChI=1S/C25H29N5O4S/c1-17(31)29-25(13-4-2-3-5-14-25)24-28-22(34-30-24)12-11-21(32)26-18-8-6-9-19(16-18)27-23(33)20-10-7-15-35-20/h6-10,15-16H,2-5,11-14H2,1H3,(H,26,32)(H,27,33)(H,29,31). The number of thiophene rings is 1. The van der Waals surface area contributed by atoms with Crippen molar-refractivity contribution in [3.8, 4) is 0 Å². The van der Waals surface area contributed by atoms with Gasteiger partial charge in [-0.1, -0.05) is 43.0 Å². The number of amides is 3. The highest BCUT2D eigenvalue weighted by Crippen LogP contribution is 2.34. The number of hydrogen-bond acceptors (Lipinski definition) is 7. The first-order valence-electron chi connectivity index (χ1n) is 11.8. The molecule has 2 heterocycles. The van der Waals surface area contributed by atoms with Crippen LogP contribution in [0.4, 0.5) is 11.4 Å². The van der Waals surface area contributed by atoms with E-state index in [9.17, 15) is 14.4 Å². The second-order valence-electron chi connectivity index (χ2n) is 8.75. The fraction of sp³-hybridized carbons (Fsp3) is 0.400. The second-order valence-corrected chi connectivity index (χ2v) is 9.70. The summed E-state index contributed by atoms with van der Waals surface area (Å²) in [4.78, 5) is 41.8. The summed E-state index contributed by atoms with van der Waals surface area (Å²) in [5, 5.41) is 14.7. The minimum Gasteiger partial charge on any atom is -0.343 e. The van der Waals surface area contributed by atoms with Crippen LogP contribution >= 0.6 is 11.3 Å². The Morgan fingerprint density at radius 1 is 1.03 bits per heavy atom.